The fourth-order valence-electron chi connectivity index (χ4n) is 2.02. The van der Waals surface area contributed by atoms with E-state index in [9.17, 15) is 0 Å². The van der Waals surface area contributed by atoms with Crippen molar-refractivity contribution < 1.29 is 0 Å². The van der Waals surface area contributed by atoms with Crippen LogP contribution in [0.3, 0.4) is 0 Å². The average molecular weight is 381 g/mol. The second-order valence-electron chi connectivity index (χ2n) is 4.32. The highest BCUT2D eigenvalue weighted by Crippen LogP contribution is 2.29. The second-order valence-corrected chi connectivity index (χ2v) is 6.54. The van der Waals surface area contributed by atoms with Crippen molar-refractivity contribution in [3.8, 4) is 5.69 Å². The Bertz CT molecular complexity index is 734. The maximum absolute atomic E-state index is 4.21. The molecule has 0 N–H and O–H groups in total. The molecule has 19 heavy (non-hydrogen) atoms. The maximum Gasteiger partial charge on any atom is 0.0965 e. The lowest BCUT2D eigenvalue weighted by Crippen LogP contribution is -1.96. The Balaban J connectivity index is 2.22. The molecule has 2 aromatic carbocycles. The van der Waals surface area contributed by atoms with E-state index in [0.29, 0.717) is 0 Å². The molecule has 1 aromatic heterocycles. The average Bonchev–Trinajstić information content (AvgIpc) is 2.89. The molecule has 0 aliphatic heterocycles. The van der Waals surface area contributed by atoms with Crippen molar-refractivity contribution >= 4 is 42.6 Å². The normalized spacial score (nSPS) is 12.8. The summed E-state index contributed by atoms with van der Waals surface area (Å²) < 4.78 is 2.91. The molecule has 0 saturated heterocycles. The monoisotopic (exact) mass is 379 g/mol. The van der Waals surface area contributed by atoms with Crippen LogP contribution in [0.5, 0.6) is 0 Å². The molecule has 3 nitrogen and oxygen atoms in total. The van der Waals surface area contributed by atoms with E-state index in [1.54, 1.807) is 0 Å². The number of benzene rings is 2. The third-order valence-corrected chi connectivity index (χ3v) is 4.17. The molecule has 1 unspecified atom stereocenters. The molecule has 3 rings (SSSR count). The molecule has 96 valence electrons. The molecule has 0 amide bonds. The first-order chi connectivity index (χ1) is 9.16. The molecule has 0 aliphatic carbocycles. The number of hydrogen-bond acceptors (Lipinski definition) is 2. The fourth-order valence-corrected chi connectivity index (χ4v) is 2.71. The fraction of sp³-hybridized carbons (Fsp3) is 0.143. The van der Waals surface area contributed by atoms with Crippen molar-refractivity contribution in [2.45, 2.75) is 11.8 Å². The summed E-state index contributed by atoms with van der Waals surface area (Å²) in [5, 5.41) is 10.7. The molecular weight excluding hydrogens is 370 g/mol. The van der Waals surface area contributed by atoms with Gasteiger partial charge in [0.05, 0.1) is 22.4 Å². The highest BCUT2D eigenvalue weighted by atomic mass is 79.9. The maximum atomic E-state index is 4.21. The largest absolute Gasteiger partial charge is 0.220 e. The van der Waals surface area contributed by atoms with Crippen molar-refractivity contribution in [2.24, 2.45) is 0 Å². The Kier molecular flexibility index (Phi) is 3.41. The summed E-state index contributed by atoms with van der Waals surface area (Å²) in [7, 11) is 0. The van der Waals surface area contributed by atoms with Gasteiger partial charge >= 0.3 is 0 Å². The molecule has 3 aromatic rings. The van der Waals surface area contributed by atoms with Crippen LogP contribution >= 0.6 is 31.9 Å². The number of hydrogen-bond donors (Lipinski definition) is 0. The van der Waals surface area contributed by atoms with E-state index in [-0.39, 0.29) is 4.83 Å². The molecule has 0 aliphatic rings. The smallest absolute Gasteiger partial charge is 0.0965 e. The van der Waals surface area contributed by atoms with Crippen molar-refractivity contribution in [2.75, 3.05) is 0 Å². The van der Waals surface area contributed by atoms with Crippen molar-refractivity contribution in [3.05, 3.63) is 52.8 Å². The van der Waals surface area contributed by atoms with Gasteiger partial charge in [0.15, 0.2) is 0 Å². The summed E-state index contributed by atoms with van der Waals surface area (Å²) in [6.45, 7) is 2.04. The van der Waals surface area contributed by atoms with E-state index in [0.717, 1.165) is 21.2 Å². The highest BCUT2D eigenvalue weighted by Gasteiger charge is 2.10. The zero-order chi connectivity index (χ0) is 13.4. The van der Waals surface area contributed by atoms with E-state index >= 15 is 0 Å². The molecule has 0 bridgehead atoms. The van der Waals surface area contributed by atoms with Gasteiger partial charge in [-0.05, 0) is 24.4 Å². The first kappa shape index (κ1) is 12.8. The number of fused-ring (bicyclic) bond motifs is 1. The Hall–Kier alpha value is -1.20. The Morgan fingerprint density at radius 2 is 1.84 bits per heavy atom. The third kappa shape index (κ3) is 2.32. The quantitative estimate of drug-likeness (QED) is 0.606. The molecule has 1 atom stereocenters. The highest BCUT2D eigenvalue weighted by molar-refractivity contribution is 9.10. The number of aromatic nitrogens is 3. The van der Waals surface area contributed by atoms with Crippen LogP contribution in [0, 0.1) is 0 Å². The van der Waals surface area contributed by atoms with Crippen LogP contribution < -0.4 is 0 Å². The van der Waals surface area contributed by atoms with Crippen molar-refractivity contribution in [3.63, 3.8) is 0 Å². The lowest BCUT2D eigenvalue weighted by molar-refractivity contribution is 0.802. The zero-order valence-corrected chi connectivity index (χ0v) is 13.4. The van der Waals surface area contributed by atoms with E-state index < -0.39 is 0 Å². The molecular formula is C14H11Br2N3. The van der Waals surface area contributed by atoms with Crippen molar-refractivity contribution in [1.29, 1.82) is 0 Å². The summed E-state index contributed by atoms with van der Waals surface area (Å²) in [5.74, 6) is 0. The van der Waals surface area contributed by atoms with E-state index in [1.165, 1.54) is 5.39 Å². The zero-order valence-electron chi connectivity index (χ0n) is 10.2. The van der Waals surface area contributed by atoms with Crippen LogP contribution in [-0.4, -0.2) is 15.0 Å². The minimum Gasteiger partial charge on any atom is -0.220 e. The first-order valence-electron chi connectivity index (χ1n) is 5.91. The van der Waals surface area contributed by atoms with Gasteiger partial charge in [-0.25, -0.2) is 4.68 Å². The summed E-state index contributed by atoms with van der Waals surface area (Å²) >= 11 is 7.09. The van der Waals surface area contributed by atoms with Crippen LogP contribution in [0.25, 0.3) is 16.5 Å². The van der Waals surface area contributed by atoms with Gasteiger partial charge in [-0.15, -0.1) is 5.10 Å². The van der Waals surface area contributed by atoms with Crippen LogP contribution in [0.15, 0.2) is 47.1 Å². The van der Waals surface area contributed by atoms with Gasteiger partial charge in [0.2, 0.25) is 0 Å². The number of rotatable bonds is 2. The van der Waals surface area contributed by atoms with Crippen LogP contribution in [-0.2, 0) is 0 Å². The summed E-state index contributed by atoms with van der Waals surface area (Å²) in [4.78, 5) is 0.197. The summed E-state index contributed by atoms with van der Waals surface area (Å²) in [5.41, 5.74) is 1.96. The topological polar surface area (TPSA) is 30.7 Å². The van der Waals surface area contributed by atoms with Gasteiger partial charge in [0.1, 0.15) is 0 Å². The SMILES string of the molecule is CC(Br)c1cn(-c2ccc(Br)c3ccccc23)nn1. The second kappa shape index (κ2) is 5.06. The van der Waals surface area contributed by atoms with Gasteiger partial charge in [0.25, 0.3) is 0 Å². The minimum absolute atomic E-state index is 0.197. The van der Waals surface area contributed by atoms with Gasteiger partial charge in [-0.3, -0.25) is 0 Å². The molecule has 5 heteroatoms. The number of halogens is 2. The lowest BCUT2D eigenvalue weighted by Gasteiger charge is -2.07. The molecule has 0 saturated carbocycles. The minimum atomic E-state index is 0.197. The molecule has 0 radical (unpaired) electrons. The lowest BCUT2D eigenvalue weighted by atomic mass is 10.1. The van der Waals surface area contributed by atoms with Gasteiger partial charge in [0, 0.05) is 9.86 Å². The van der Waals surface area contributed by atoms with E-state index in [2.05, 4.69) is 54.3 Å². The van der Waals surface area contributed by atoms with Gasteiger partial charge in [-0.1, -0.05) is 61.3 Å². The van der Waals surface area contributed by atoms with Crippen molar-refractivity contribution in [1.82, 2.24) is 15.0 Å². The molecule has 0 fully saturated rings. The standard InChI is InChI=1S/C14H11Br2N3/c1-9(15)13-8-19(18-17-13)14-7-6-12(16)10-4-2-3-5-11(10)14/h2-9H,1H3. The summed E-state index contributed by atoms with van der Waals surface area (Å²) in [6.07, 6.45) is 1.95. The number of alkyl halides is 1. The summed E-state index contributed by atoms with van der Waals surface area (Å²) in [6, 6.07) is 12.3. The third-order valence-electron chi connectivity index (χ3n) is 3.01. The molecule has 1 heterocycles. The predicted molar refractivity (Wildman–Crippen MR) is 83.9 cm³/mol. The van der Waals surface area contributed by atoms with E-state index in [1.807, 2.05) is 42.1 Å². The Morgan fingerprint density at radius 3 is 2.53 bits per heavy atom. The molecule has 0 spiro atoms. The van der Waals surface area contributed by atoms with E-state index in [4.69, 9.17) is 0 Å². The van der Waals surface area contributed by atoms with Gasteiger partial charge < -0.3 is 0 Å². The Morgan fingerprint density at radius 1 is 1.11 bits per heavy atom. The predicted octanol–water partition coefficient (Wildman–Crippen LogP) is 4.64. The number of nitrogens with zero attached hydrogens (tertiary/aromatic N) is 3. The Labute approximate surface area is 127 Å². The van der Waals surface area contributed by atoms with Crippen LogP contribution in [0.2, 0.25) is 0 Å². The van der Waals surface area contributed by atoms with Gasteiger partial charge in [-0.2, -0.15) is 0 Å². The van der Waals surface area contributed by atoms with Crippen LogP contribution in [0.1, 0.15) is 17.4 Å². The first-order valence-corrected chi connectivity index (χ1v) is 7.61. The van der Waals surface area contributed by atoms with Crippen LogP contribution in [0.4, 0.5) is 0 Å².